The van der Waals surface area contributed by atoms with Gasteiger partial charge < -0.3 is 5.73 Å². The summed E-state index contributed by atoms with van der Waals surface area (Å²) in [6, 6.07) is 7.94. The van der Waals surface area contributed by atoms with Gasteiger partial charge >= 0.3 is 0 Å². The predicted octanol–water partition coefficient (Wildman–Crippen LogP) is 5.56. The fraction of sp³-hybridized carbons (Fsp3) is 0.381. The molecule has 2 atom stereocenters. The molecule has 0 aliphatic heterocycles. The van der Waals surface area contributed by atoms with Gasteiger partial charge in [0.15, 0.2) is 5.65 Å². The molecule has 0 spiro atoms. The summed E-state index contributed by atoms with van der Waals surface area (Å²) in [5.41, 5.74) is 11.7. The monoisotopic (exact) mass is 366 g/mol. The second-order valence-corrected chi connectivity index (χ2v) is 8.02. The summed E-state index contributed by atoms with van der Waals surface area (Å²) in [5, 5.41) is 1.57. The van der Waals surface area contributed by atoms with Gasteiger partial charge in [0.2, 0.25) is 0 Å². The van der Waals surface area contributed by atoms with E-state index in [4.69, 9.17) is 22.3 Å². The van der Waals surface area contributed by atoms with E-state index in [1.54, 1.807) is 0 Å². The Kier molecular flexibility index (Phi) is 4.31. The van der Waals surface area contributed by atoms with E-state index in [0.29, 0.717) is 29.2 Å². The van der Waals surface area contributed by atoms with Crippen LogP contribution in [0.5, 0.6) is 0 Å². The molecule has 0 bridgehead atoms. The molecule has 0 saturated heterocycles. The molecule has 4 nitrogen and oxygen atoms in total. The van der Waals surface area contributed by atoms with E-state index in [9.17, 15) is 0 Å². The molecule has 2 unspecified atom stereocenters. The van der Waals surface area contributed by atoms with Crippen molar-refractivity contribution in [3.05, 3.63) is 46.9 Å². The average molecular weight is 367 g/mol. The lowest BCUT2D eigenvalue weighted by Crippen LogP contribution is -2.20. The fourth-order valence-electron chi connectivity index (χ4n) is 4.21. The summed E-state index contributed by atoms with van der Waals surface area (Å²) in [6.45, 7) is 6.82. The van der Waals surface area contributed by atoms with Gasteiger partial charge in [-0.1, -0.05) is 44.5 Å². The molecule has 0 amide bonds. The maximum atomic E-state index is 6.28. The number of nitrogen functional groups attached to an aromatic ring is 1. The molecule has 3 aromatic rings. The zero-order valence-electron chi connectivity index (χ0n) is 15.3. The summed E-state index contributed by atoms with van der Waals surface area (Å²) < 4.78 is 0. The van der Waals surface area contributed by atoms with Crippen LogP contribution in [0.1, 0.15) is 56.7 Å². The molecule has 2 aromatic heterocycles. The summed E-state index contributed by atoms with van der Waals surface area (Å²) >= 11 is 6.12. The van der Waals surface area contributed by atoms with Crippen LogP contribution >= 0.6 is 11.6 Å². The third kappa shape index (κ3) is 2.73. The van der Waals surface area contributed by atoms with Gasteiger partial charge in [-0.3, -0.25) is 0 Å². The molecule has 1 aromatic carbocycles. The van der Waals surface area contributed by atoms with E-state index in [1.807, 2.05) is 12.1 Å². The highest BCUT2D eigenvalue weighted by Gasteiger charge is 2.32. The van der Waals surface area contributed by atoms with Crippen LogP contribution in [-0.2, 0) is 0 Å². The summed E-state index contributed by atoms with van der Waals surface area (Å²) in [4.78, 5) is 13.7. The average Bonchev–Trinajstić information content (AvgIpc) is 2.61. The van der Waals surface area contributed by atoms with Crippen molar-refractivity contribution in [3.63, 3.8) is 0 Å². The number of nitrogens with two attached hydrogens (primary N) is 1. The first-order valence-electron chi connectivity index (χ1n) is 9.17. The largest absolute Gasteiger partial charge is 0.383 e. The molecule has 26 heavy (non-hydrogen) atoms. The number of anilines is 1. The van der Waals surface area contributed by atoms with Crippen LogP contribution < -0.4 is 5.73 Å². The number of nitrogens with zero attached hydrogens (tertiary/aromatic N) is 3. The number of halogens is 1. The van der Waals surface area contributed by atoms with Crippen molar-refractivity contribution in [2.24, 2.45) is 5.92 Å². The molecule has 4 rings (SSSR count). The third-order valence-electron chi connectivity index (χ3n) is 5.57. The van der Waals surface area contributed by atoms with Gasteiger partial charge in [0.05, 0.1) is 11.1 Å². The molecule has 2 heterocycles. The number of hydrogen-bond acceptors (Lipinski definition) is 4. The molecular formula is C21H23ClN4. The molecule has 0 saturated carbocycles. The van der Waals surface area contributed by atoms with Gasteiger partial charge in [-0.05, 0) is 47.9 Å². The highest BCUT2D eigenvalue weighted by Crippen LogP contribution is 2.48. The number of aromatic nitrogens is 3. The molecule has 2 N–H and O–H groups in total. The molecule has 134 valence electrons. The van der Waals surface area contributed by atoms with Gasteiger partial charge in [-0.25, -0.2) is 15.0 Å². The van der Waals surface area contributed by atoms with E-state index >= 15 is 0 Å². The zero-order valence-corrected chi connectivity index (χ0v) is 16.1. The van der Waals surface area contributed by atoms with Crippen LogP contribution in [0.15, 0.2) is 30.6 Å². The lowest BCUT2D eigenvalue weighted by Gasteiger charge is -2.33. The topological polar surface area (TPSA) is 64.7 Å². The van der Waals surface area contributed by atoms with E-state index in [2.05, 4.69) is 42.9 Å². The first-order chi connectivity index (χ1) is 12.5. The summed E-state index contributed by atoms with van der Waals surface area (Å²) in [6.07, 6.45) is 3.81. The lowest BCUT2D eigenvalue weighted by molar-refractivity contribution is 0.402. The van der Waals surface area contributed by atoms with Crippen molar-refractivity contribution in [2.45, 2.75) is 45.4 Å². The Morgan fingerprint density at radius 3 is 2.54 bits per heavy atom. The smallest absolute Gasteiger partial charge is 0.165 e. The first-order valence-corrected chi connectivity index (χ1v) is 9.55. The van der Waals surface area contributed by atoms with E-state index < -0.39 is 0 Å². The maximum Gasteiger partial charge on any atom is 0.165 e. The van der Waals surface area contributed by atoms with Crippen LogP contribution in [0.25, 0.3) is 22.2 Å². The van der Waals surface area contributed by atoms with Crippen molar-refractivity contribution in [2.75, 3.05) is 5.73 Å². The minimum Gasteiger partial charge on any atom is -0.383 e. The van der Waals surface area contributed by atoms with Crippen LogP contribution in [0.3, 0.4) is 0 Å². The van der Waals surface area contributed by atoms with Gasteiger partial charge in [-0.15, -0.1) is 0 Å². The highest BCUT2D eigenvalue weighted by atomic mass is 35.5. The van der Waals surface area contributed by atoms with Crippen molar-refractivity contribution < 1.29 is 0 Å². The van der Waals surface area contributed by atoms with Crippen molar-refractivity contribution in [3.8, 4) is 11.1 Å². The molecular weight excluding hydrogens is 344 g/mol. The van der Waals surface area contributed by atoms with E-state index in [-0.39, 0.29) is 0 Å². The Labute approximate surface area is 158 Å². The number of hydrogen-bond donors (Lipinski definition) is 1. The van der Waals surface area contributed by atoms with E-state index in [1.165, 1.54) is 17.6 Å². The van der Waals surface area contributed by atoms with Crippen LogP contribution in [0.4, 0.5) is 5.82 Å². The molecule has 1 aliphatic rings. The van der Waals surface area contributed by atoms with Gasteiger partial charge in [0.1, 0.15) is 12.1 Å². The highest BCUT2D eigenvalue weighted by molar-refractivity contribution is 6.30. The zero-order chi connectivity index (χ0) is 18.4. The number of fused-ring (bicyclic) bond motifs is 2. The molecule has 0 fully saturated rings. The van der Waals surface area contributed by atoms with Crippen LogP contribution in [0, 0.1) is 5.92 Å². The quantitative estimate of drug-likeness (QED) is 0.644. The molecule has 0 radical (unpaired) electrons. The summed E-state index contributed by atoms with van der Waals surface area (Å²) in [5.74, 6) is 1.87. The SMILES string of the molecule is CC1CCC(C(C)C)c2nc3ncnc(N)c3c(-c3ccc(Cl)cc3)c21. The van der Waals surface area contributed by atoms with E-state index in [0.717, 1.165) is 34.4 Å². The minimum atomic E-state index is 0.419. The van der Waals surface area contributed by atoms with Crippen molar-refractivity contribution in [1.29, 1.82) is 0 Å². The standard InChI is InChI=1S/C21H23ClN4/c1-11(2)15-9-4-12(3)16-17(13-5-7-14(22)8-6-13)18-20(23)24-10-25-21(18)26-19(15)16/h5-8,10-12,15H,4,9H2,1-3H3,(H2,23,24,25,26). The van der Waals surface area contributed by atoms with Gasteiger partial charge in [0, 0.05) is 16.5 Å². The Balaban J connectivity index is 2.13. The Morgan fingerprint density at radius 2 is 1.85 bits per heavy atom. The lowest BCUT2D eigenvalue weighted by atomic mass is 9.73. The third-order valence-corrected chi connectivity index (χ3v) is 5.82. The van der Waals surface area contributed by atoms with Crippen LogP contribution in [0.2, 0.25) is 5.02 Å². The fourth-order valence-corrected chi connectivity index (χ4v) is 4.33. The van der Waals surface area contributed by atoms with Crippen molar-refractivity contribution >= 4 is 28.5 Å². The first kappa shape index (κ1) is 17.2. The number of pyridine rings is 1. The Bertz CT molecular complexity index is 966. The second-order valence-electron chi connectivity index (χ2n) is 7.58. The number of rotatable bonds is 2. The minimum absolute atomic E-state index is 0.419. The molecule has 5 heteroatoms. The Morgan fingerprint density at radius 1 is 1.12 bits per heavy atom. The molecule has 1 aliphatic carbocycles. The maximum absolute atomic E-state index is 6.28. The van der Waals surface area contributed by atoms with Crippen molar-refractivity contribution in [1.82, 2.24) is 15.0 Å². The summed E-state index contributed by atoms with van der Waals surface area (Å²) in [7, 11) is 0. The second kappa shape index (κ2) is 6.51. The predicted molar refractivity (Wildman–Crippen MR) is 107 cm³/mol. The van der Waals surface area contributed by atoms with Gasteiger partial charge in [0.25, 0.3) is 0 Å². The Hall–Kier alpha value is -2.20. The number of benzene rings is 1. The van der Waals surface area contributed by atoms with Gasteiger partial charge in [-0.2, -0.15) is 0 Å². The normalized spacial score (nSPS) is 19.7. The van der Waals surface area contributed by atoms with Crippen LogP contribution in [-0.4, -0.2) is 15.0 Å².